The molecule has 0 aliphatic rings. The highest BCUT2D eigenvalue weighted by atomic mass is 16.3. The quantitative estimate of drug-likeness (QED) is 0.316. The third kappa shape index (κ3) is 1.91. The molecule has 0 unspecified atom stereocenters. The summed E-state index contributed by atoms with van der Waals surface area (Å²) in [5.41, 5.74) is 5.85. The molecule has 2 nitrogen and oxygen atoms in total. The average molecular weight is 327 g/mol. The molecule has 2 heteroatoms. The molecule has 0 amide bonds. The van der Waals surface area contributed by atoms with Crippen LogP contribution < -0.4 is 0 Å². The number of nitrogens with zero attached hydrogens (tertiary/aromatic N) is 1. The molecule has 0 spiro atoms. The minimum absolute atomic E-state index is 0.139. The van der Waals surface area contributed by atoms with E-state index in [1.54, 1.807) is 0 Å². The van der Waals surface area contributed by atoms with Gasteiger partial charge in [0.05, 0.1) is 5.52 Å². The summed E-state index contributed by atoms with van der Waals surface area (Å²) in [6, 6.07) is 19.5. The number of furan rings is 1. The number of rotatable bonds is 0. The number of hydrogen-bond donors (Lipinski definition) is 0. The van der Waals surface area contributed by atoms with E-state index in [9.17, 15) is 0 Å². The van der Waals surface area contributed by atoms with Gasteiger partial charge in [-0.05, 0) is 35.2 Å². The Hall–Kier alpha value is -2.74. The summed E-state index contributed by atoms with van der Waals surface area (Å²) >= 11 is 0. The lowest BCUT2D eigenvalue weighted by molar-refractivity contribution is 0.591. The molecular weight excluding hydrogens is 306 g/mol. The van der Waals surface area contributed by atoms with Crippen molar-refractivity contribution in [3.63, 3.8) is 0 Å². The first-order valence-electron chi connectivity index (χ1n) is 8.78. The van der Waals surface area contributed by atoms with Gasteiger partial charge in [-0.2, -0.15) is 0 Å². The third-order valence-electron chi connectivity index (χ3n) is 5.37. The molecule has 25 heavy (non-hydrogen) atoms. The van der Waals surface area contributed by atoms with Crippen LogP contribution in [0.1, 0.15) is 26.3 Å². The number of aryl methyl sites for hydroxylation is 1. The fourth-order valence-electron chi connectivity index (χ4n) is 3.96. The summed E-state index contributed by atoms with van der Waals surface area (Å²) in [7, 11) is 2.13. The summed E-state index contributed by atoms with van der Waals surface area (Å²) in [5.74, 6) is 0. The monoisotopic (exact) mass is 327 g/mol. The second-order valence-corrected chi connectivity index (χ2v) is 7.98. The maximum absolute atomic E-state index is 6.25. The molecule has 5 aromatic rings. The molecule has 0 saturated carbocycles. The minimum Gasteiger partial charge on any atom is -0.454 e. The second kappa shape index (κ2) is 4.66. The Labute approximate surface area is 146 Å². The molecule has 0 N–H and O–H groups in total. The van der Waals surface area contributed by atoms with Gasteiger partial charge in [0.25, 0.3) is 0 Å². The highest BCUT2D eigenvalue weighted by Gasteiger charge is 2.19. The predicted octanol–water partition coefficient (Wildman–Crippen LogP) is 6.53. The van der Waals surface area contributed by atoms with Gasteiger partial charge in [-0.1, -0.05) is 51.1 Å². The van der Waals surface area contributed by atoms with Crippen LogP contribution >= 0.6 is 0 Å². The molecule has 0 aliphatic carbocycles. The van der Waals surface area contributed by atoms with E-state index >= 15 is 0 Å². The lowest BCUT2D eigenvalue weighted by Crippen LogP contribution is -2.10. The number of para-hydroxylation sites is 1. The molecule has 0 bridgehead atoms. The molecular formula is C23H21NO. The lowest BCUT2D eigenvalue weighted by Gasteiger charge is -2.19. The van der Waals surface area contributed by atoms with E-state index < -0.39 is 0 Å². The van der Waals surface area contributed by atoms with Crippen LogP contribution in [0, 0.1) is 0 Å². The Morgan fingerprint density at radius 1 is 0.800 bits per heavy atom. The average Bonchev–Trinajstić information content (AvgIpc) is 3.10. The van der Waals surface area contributed by atoms with Crippen LogP contribution in [0.3, 0.4) is 0 Å². The molecule has 2 aromatic heterocycles. The van der Waals surface area contributed by atoms with Crippen molar-refractivity contribution in [1.82, 2.24) is 4.57 Å². The van der Waals surface area contributed by atoms with Gasteiger partial charge in [-0.15, -0.1) is 0 Å². The third-order valence-corrected chi connectivity index (χ3v) is 5.37. The highest BCUT2D eigenvalue weighted by molar-refractivity contribution is 6.20. The van der Waals surface area contributed by atoms with Gasteiger partial charge < -0.3 is 8.98 Å². The number of fused-ring (bicyclic) bond motifs is 7. The normalized spacial score (nSPS) is 12.8. The Kier molecular flexibility index (Phi) is 2.72. The molecule has 2 heterocycles. The summed E-state index contributed by atoms with van der Waals surface area (Å²) in [6.45, 7) is 6.78. The highest BCUT2D eigenvalue weighted by Crippen LogP contribution is 2.39. The van der Waals surface area contributed by atoms with E-state index in [1.807, 2.05) is 12.1 Å². The first-order valence-corrected chi connectivity index (χ1v) is 8.78. The Balaban J connectivity index is 1.98. The largest absolute Gasteiger partial charge is 0.454 e. The van der Waals surface area contributed by atoms with E-state index in [0.717, 1.165) is 11.2 Å². The van der Waals surface area contributed by atoms with Crippen molar-refractivity contribution in [3.8, 4) is 0 Å². The first-order chi connectivity index (χ1) is 11.9. The number of benzene rings is 3. The topological polar surface area (TPSA) is 18.1 Å². The maximum atomic E-state index is 6.25. The SMILES string of the molecule is Cn1c2ccc(C(C)(C)C)cc2c2ccc3c4ccccc4oc3c21. The smallest absolute Gasteiger partial charge is 0.159 e. The van der Waals surface area contributed by atoms with E-state index in [4.69, 9.17) is 4.42 Å². The van der Waals surface area contributed by atoms with Gasteiger partial charge in [0.15, 0.2) is 5.58 Å². The van der Waals surface area contributed by atoms with Crippen molar-refractivity contribution in [1.29, 1.82) is 0 Å². The fraction of sp³-hybridized carbons (Fsp3) is 0.217. The summed E-state index contributed by atoms with van der Waals surface area (Å²) in [5, 5.41) is 4.92. The van der Waals surface area contributed by atoms with Gasteiger partial charge in [0.1, 0.15) is 5.58 Å². The van der Waals surface area contributed by atoms with Crippen LogP contribution in [0.4, 0.5) is 0 Å². The zero-order valence-electron chi connectivity index (χ0n) is 15.1. The maximum Gasteiger partial charge on any atom is 0.159 e. The Bertz CT molecular complexity index is 1280. The van der Waals surface area contributed by atoms with E-state index in [2.05, 4.69) is 74.9 Å². The zero-order chi connectivity index (χ0) is 17.3. The van der Waals surface area contributed by atoms with Crippen LogP contribution in [0.2, 0.25) is 0 Å². The molecule has 0 aliphatic heterocycles. The number of hydrogen-bond acceptors (Lipinski definition) is 1. The molecule has 0 fully saturated rings. The van der Waals surface area contributed by atoms with Gasteiger partial charge in [0.2, 0.25) is 0 Å². The lowest BCUT2D eigenvalue weighted by atomic mass is 9.86. The number of aromatic nitrogens is 1. The molecule has 124 valence electrons. The predicted molar refractivity (Wildman–Crippen MR) is 106 cm³/mol. The van der Waals surface area contributed by atoms with Crippen LogP contribution in [-0.4, -0.2) is 4.57 Å². The van der Waals surface area contributed by atoms with Gasteiger partial charge in [-0.25, -0.2) is 0 Å². The van der Waals surface area contributed by atoms with Crippen molar-refractivity contribution in [2.24, 2.45) is 7.05 Å². The molecule has 0 radical (unpaired) electrons. The van der Waals surface area contributed by atoms with Crippen molar-refractivity contribution in [3.05, 3.63) is 60.2 Å². The summed E-state index contributed by atoms with van der Waals surface area (Å²) in [6.07, 6.45) is 0. The standard InChI is InChI=1S/C23H21NO/c1-23(2,3)14-9-12-19-18(13-14)16-10-11-17-15-7-5-6-8-20(15)25-22(17)21(16)24(19)4/h5-13H,1-4H3. The van der Waals surface area contributed by atoms with Crippen LogP contribution in [0.15, 0.2) is 59.0 Å². The van der Waals surface area contributed by atoms with Crippen molar-refractivity contribution in [2.75, 3.05) is 0 Å². The van der Waals surface area contributed by atoms with Gasteiger partial charge in [-0.3, -0.25) is 0 Å². The van der Waals surface area contributed by atoms with E-state index in [1.165, 1.54) is 38.1 Å². The summed E-state index contributed by atoms with van der Waals surface area (Å²) < 4.78 is 8.52. The van der Waals surface area contributed by atoms with Gasteiger partial charge in [0, 0.05) is 34.1 Å². The van der Waals surface area contributed by atoms with E-state index in [-0.39, 0.29) is 5.41 Å². The molecule has 5 rings (SSSR count). The van der Waals surface area contributed by atoms with Crippen molar-refractivity contribution >= 4 is 43.7 Å². The fourth-order valence-corrected chi connectivity index (χ4v) is 3.96. The Morgan fingerprint density at radius 3 is 2.36 bits per heavy atom. The zero-order valence-corrected chi connectivity index (χ0v) is 15.1. The second-order valence-electron chi connectivity index (χ2n) is 7.98. The molecule has 0 saturated heterocycles. The van der Waals surface area contributed by atoms with Crippen molar-refractivity contribution < 1.29 is 4.42 Å². The van der Waals surface area contributed by atoms with Crippen LogP contribution in [-0.2, 0) is 12.5 Å². The van der Waals surface area contributed by atoms with Crippen LogP contribution in [0.5, 0.6) is 0 Å². The minimum atomic E-state index is 0.139. The van der Waals surface area contributed by atoms with E-state index in [0.29, 0.717) is 0 Å². The Morgan fingerprint density at radius 2 is 1.56 bits per heavy atom. The molecule has 0 atom stereocenters. The molecule has 3 aromatic carbocycles. The van der Waals surface area contributed by atoms with Crippen LogP contribution in [0.25, 0.3) is 43.7 Å². The van der Waals surface area contributed by atoms with Gasteiger partial charge >= 0.3 is 0 Å². The van der Waals surface area contributed by atoms with Crippen molar-refractivity contribution in [2.45, 2.75) is 26.2 Å². The summed E-state index contributed by atoms with van der Waals surface area (Å²) in [4.78, 5) is 0. The first kappa shape index (κ1) is 14.6.